The molecule has 46 valence electrons. The maximum absolute atomic E-state index is 2.79. The molecule has 0 amide bonds. The van der Waals surface area contributed by atoms with E-state index in [1.54, 1.807) is 0 Å². The Bertz CT molecular complexity index is 92.7. The van der Waals surface area contributed by atoms with Gasteiger partial charge in [-0.25, -0.2) is 0 Å². The molecule has 2 fully saturated rings. The molecule has 2 heteroatoms. The predicted molar refractivity (Wildman–Crippen MR) is 37.5 cm³/mol. The first-order chi connectivity index (χ1) is 3.86. The Morgan fingerprint density at radius 2 is 1.62 bits per heavy atom. The fraction of sp³-hybridized carbons (Fsp3) is 1.00. The monoisotopic (exact) mass is 129 g/mol. The Kier molecular flexibility index (Phi) is 1.09. The fourth-order valence-corrected chi connectivity index (χ4v) is 2.34. The van der Waals surface area contributed by atoms with E-state index in [4.69, 9.17) is 0 Å². The molecule has 1 saturated carbocycles. The van der Waals surface area contributed by atoms with Crippen LogP contribution in [0.5, 0.6) is 0 Å². The van der Waals surface area contributed by atoms with E-state index in [0.29, 0.717) is 0 Å². The van der Waals surface area contributed by atoms with Crippen molar-refractivity contribution in [3.8, 4) is 0 Å². The van der Waals surface area contributed by atoms with Crippen molar-refractivity contribution >= 4 is 9.39 Å². The molecule has 0 N–H and O–H groups in total. The van der Waals surface area contributed by atoms with Gasteiger partial charge >= 0.3 is 0 Å². The number of hydrogen-bond donors (Lipinski definition) is 0. The Hall–Kier alpha value is 0.390. The number of nitrogens with zero attached hydrogens (tertiary/aromatic N) is 1. The molecule has 1 aliphatic carbocycles. The standard InChI is InChI=1S/C6H12NP/c8-7-3-5-1-2-6(5)4-7/h5-6H,1-4,8H2. The van der Waals surface area contributed by atoms with Crippen LogP contribution in [0.1, 0.15) is 12.8 Å². The Morgan fingerprint density at radius 3 is 1.88 bits per heavy atom. The number of fused-ring (bicyclic) bond motifs is 1. The van der Waals surface area contributed by atoms with Gasteiger partial charge in [0.25, 0.3) is 0 Å². The molecule has 1 nitrogen and oxygen atoms in total. The first-order valence-corrected chi connectivity index (χ1v) is 3.87. The maximum atomic E-state index is 2.79. The Labute approximate surface area is 52.7 Å². The van der Waals surface area contributed by atoms with Gasteiger partial charge < -0.3 is 0 Å². The van der Waals surface area contributed by atoms with Crippen LogP contribution < -0.4 is 0 Å². The molecule has 2 rings (SSSR count). The second-order valence-electron chi connectivity index (χ2n) is 3.05. The van der Waals surface area contributed by atoms with Crippen LogP contribution >= 0.6 is 9.39 Å². The van der Waals surface area contributed by atoms with E-state index in [0.717, 1.165) is 11.8 Å². The Morgan fingerprint density at radius 1 is 1.12 bits per heavy atom. The second kappa shape index (κ2) is 1.68. The third-order valence-corrected chi connectivity index (χ3v) is 2.93. The summed E-state index contributed by atoms with van der Waals surface area (Å²) >= 11 is 0. The average molecular weight is 129 g/mol. The van der Waals surface area contributed by atoms with Gasteiger partial charge in [0, 0.05) is 13.1 Å². The van der Waals surface area contributed by atoms with Gasteiger partial charge in [-0.05, 0) is 24.7 Å². The van der Waals surface area contributed by atoms with Crippen LogP contribution in [0.25, 0.3) is 0 Å². The van der Waals surface area contributed by atoms with Gasteiger partial charge in [-0.3, -0.25) is 4.67 Å². The van der Waals surface area contributed by atoms with Crippen molar-refractivity contribution in [2.75, 3.05) is 13.1 Å². The Balaban J connectivity index is 2.00. The van der Waals surface area contributed by atoms with Gasteiger partial charge in [-0.1, -0.05) is 9.39 Å². The van der Waals surface area contributed by atoms with Crippen LogP contribution in [-0.2, 0) is 0 Å². The summed E-state index contributed by atoms with van der Waals surface area (Å²) in [5.41, 5.74) is 0. The zero-order valence-electron chi connectivity index (χ0n) is 5.01. The summed E-state index contributed by atoms with van der Waals surface area (Å²) in [6, 6.07) is 0. The summed E-state index contributed by atoms with van der Waals surface area (Å²) in [5.74, 6) is 2.15. The molecular formula is C6H12NP. The van der Waals surface area contributed by atoms with Crippen molar-refractivity contribution < 1.29 is 0 Å². The summed E-state index contributed by atoms with van der Waals surface area (Å²) in [5, 5.41) is 0. The fourth-order valence-electron chi connectivity index (χ4n) is 1.80. The molecule has 0 aromatic rings. The molecule has 1 heterocycles. The van der Waals surface area contributed by atoms with Gasteiger partial charge in [-0.15, -0.1) is 0 Å². The lowest BCUT2D eigenvalue weighted by Crippen LogP contribution is -2.22. The normalized spacial score (nSPS) is 46.1. The molecule has 0 bridgehead atoms. The summed E-state index contributed by atoms with van der Waals surface area (Å²) in [7, 11) is 2.79. The van der Waals surface area contributed by atoms with Crippen LogP contribution in [0.3, 0.4) is 0 Å². The van der Waals surface area contributed by atoms with Crippen molar-refractivity contribution in [1.82, 2.24) is 4.67 Å². The average Bonchev–Trinajstić information content (AvgIpc) is 1.91. The summed E-state index contributed by atoms with van der Waals surface area (Å²) in [6.45, 7) is 2.69. The minimum Gasteiger partial charge on any atom is -0.287 e. The van der Waals surface area contributed by atoms with Crippen molar-refractivity contribution in [1.29, 1.82) is 0 Å². The van der Waals surface area contributed by atoms with E-state index in [-0.39, 0.29) is 0 Å². The first kappa shape index (κ1) is 5.20. The van der Waals surface area contributed by atoms with Crippen LogP contribution in [0.4, 0.5) is 0 Å². The van der Waals surface area contributed by atoms with Crippen molar-refractivity contribution in [2.24, 2.45) is 11.8 Å². The topological polar surface area (TPSA) is 3.24 Å². The highest BCUT2D eigenvalue weighted by molar-refractivity contribution is 7.13. The van der Waals surface area contributed by atoms with Gasteiger partial charge in [0.05, 0.1) is 0 Å². The minimum absolute atomic E-state index is 1.08. The highest BCUT2D eigenvalue weighted by Gasteiger charge is 2.37. The van der Waals surface area contributed by atoms with E-state index >= 15 is 0 Å². The van der Waals surface area contributed by atoms with Crippen molar-refractivity contribution in [3.05, 3.63) is 0 Å². The van der Waals surface area contributed by atoms with Gasteiger partial charge in [0.2, 0.25) is 0 Å². The largest absolute Gasteiger partial charge is 0.287 e. The van der Waals surface area contributed by atoms with E-state index < -0.39 is 0 Å². The number of hydrogen-bond acceptors (Lipinski definition) is 1. The van der Waals surface area contributed by atoms with Gasteiger partial charge in [0.15, 0.2) is 0 Å². The lowest BCUT2D eigenvalue weighted by Gasteiger charge is -2.28. The molecule has 1 saturated heterocycles. The summed E-state index contributed by atoms with van der Waals surface area (Å²) in [6.07, 6.45) is 2.99. The third kappa shape index (κ3) is 0.614. The number of rotatable bonds is 0. The molecular weight excluding hydrogens is 117 g/mol. The molecule has 3 unspecified atom stereocenters. The minimum atomic E-state index is 1.08. The van der Waals surface area contributed by atoms with Crippen LogP contribution in [0.2, 0.25) is 0 Å². The highest BCUT2D eigenvalue weighted by Crippen LogP contribution is 2.41. The zero-order chi connectivity index (χ0) is 5.56. The smallest absolute Gasteiger partial charge is 0.00478 e. The molecule has 0 aromatic heterocycles. The van der Waals surface area contributed by atoms with E-state index in [9.17, 15) is 0 Å². The first-order valence-electron chi connectivity index (χ1n) is 3.36. The quantitative estimate of drug-likeness (QED) is 0.443. The third-order valence-electron chi connectivity index (χ3n) is 2.51. The van der Waals surface area contributed by atoms with E-state index in [2.05, 4.69) is 14.1 Å². The van der Waals surface area contributed by atoms with Gasteiger partial charge in [0.1, 0.15) is 0 Å². The molecule has 0 aromatic carbocycles. The summed E-state index contributed by atoms with van der Waals surface area (Å²) in [4.78, 5) is 0. The van der Waals surface area contributed by atoms with E-state index in [1.807, 2.05) is 0 Å². The van der Waals surface area contributed by atoms with Crippen molar-refractivity contribution in [3.63, 3.8) is 0 Å². The predicted octanol–water partition coefficient (Wildman–Crippen LogP) is 1.12. The van der Waals surface area contributed by atoms with Gasteiger partial charge in [-0.2, -0.15) is 0 Å². The SMILES string of the molecule is PN1CC2CCC2C1. The summed E-state index contributed by atoms with van der Waals surface area (Å²) < 4.78 is 2.38. The van der Waals surface area contributed by atoms with Crippen molar-refractivity contribution in [2.45, 2.75) is 12.8 Å². The second-order valence-corrected chi connectivity index (χ2v) is 3.78. The molecule has 3 atom stereocenters. The molecule has 8 heavy (non-hydrogen) atoms. The maximum Gasteiger partial charge on any atom is 0.00478 e. The lowest BCUT2D eigenvalue weighted by molar-refractivity contribution is 0.243. The van der Waals surface area contributed by atoms with E-state index in [1.165, 1.54) is 25.9 Å². The highest BCUT2D eigenvalue weighted by atomic mass is 31.0. The molecule has 0 radical (unpaired) electrons. The molecule has 0 spiro atoms. The lowest BCUT2D eigenvalue weighted by atomic mass is 9.77. The molecule has 2 aliphatic rings. The zero-order valence-corrected chi connectivity index (χ0v) is 6.16. The van der Waals surface area contributed by atoms with Crippen LogP contribution in [0.15, 0.2) is 0 Å². The van der Waals surface area contributed by atoms with Crippen LogP contribution in [0, 0.1) is 11.8 Å². The molecule has 1 aliphatic heterocycles. The van der Waals surface area contributed by atoms with Crippen LogP contribution in [-0.4, -0.2) is 17.8 Å².